The van der Waals surface area contributed by atoms with Crippen LogP contribution in [0.5, 0.6) is 5.75 Å². The maximum atomic E-state index is 14.3. The average molecular weight is 427 g/mol. The van der Waals surface area contributed by atoms with E-state index in [1.165, 1.54) is 43.2 Å². The van der Waals surface area contributed by atoms with Crippen molar-refractivity contribution < 1.29 is 13.5 Å². The molecule has 0 atom stereocenters. The first-order chi connectivity index (χ1) is 15.1. The van der Waals surface area contributed by atoms with Gasteiger partial charge < -0.3 is 4.74 Å². The van der Waals surface area contributed by atoms with Gasteiger partial charge in [-0.3, -0.25) is 0 Å². The van der Waals surface area contributed by atoms with Crippen LogP contribution in [0.3, 0.4) is 0 Å². The fraction of sp³-hybridized carbons (Fsp3) is 0.500. The van der Waals surface area contributed by atoms with Gasteiger partial charge in [0.1, 0.15) is 0 Å². The lowest BCUT2D eigenvalue weighted by Crippen LogP contribution is -2.11. The molecule has 0 amide bonds. The summed E-state index contributed by atoms with van der Waals surface area (Å²) in [6.07, 6.45) is 13.6. The molecule has 0 heterocycles. The highest BCUT2D eigenvalue weighted by Crippen LogP contribution is 2.36. The third-order valence-electron chi connectivity index (χ3n) is 6.34. The molecule has 3 rings (SSSR count). The Balaban J connectivity index is 1.44. The smallest absolute Gasteiger partial charge is 0.200 e. The predicted molar refractivity (Wildman–Crippen MR) is 125 cm³/mol. The van der Waals surface area contributed by atoms with E-state index in [0.717, 1.165) is 19.3 Å². The zero-order valence-electron chi connectivity index (χ0n) is 19.0. The van der Waals surface area contributed by atoms with Crippen LogP contribution < -0.4 is 4.74 Å². The van der Waals surface area contributed by atoms with Crippen LogP contribution in [0.25, 0.3) is 0 Å². The monoisotopic (exact) mass is 426 g/mol. The molecule has 3 heteroatoms. The second-order valence-electron chi connectivity index (χ2n) is 8.77. The number of halogens is 2. The molecule has 0 aromatic heterocycles. The Kier molecular flexibility index (Phi) is 9.12. The highest BCUT2D eigenvalue weighted by molar-refractivity contribution is 5.31. The molecule has 0 saturated heterocycles. The molecule has 0 aliphatic heterocycles. The summed E-state index contributed by atoms with van der Waals surface area (Å²) in [5.41, 5.74) is 3.33. The Morgan fingerprint density at radius 1 is 0.871 bits per heavy atom. The van der Waals surface area contributed by atoms with E-state index in [9.17, 15) is 8.78 Å². The molecule has 0 bridgehead atoms. The fourth-order valence-electron chi connectivity index (χ4n) is 4.51. The van der Waals surface area contributed by atoms with Crippen molar-refractivity contribution in [1.29, 1.82) is 0 Å². The van der Waals surface area contributed by atoms with E-state index in [1.54, 1.807) is 12.1 Å². The van der Waals surface area contributed by atoms with Crippen LogP contribution in [-0.4, -0.2) is 6.61 Å². The zero-order valence-corrected chi connectivity index (χ0v) is 19.0. The Morgan fingerprint density at radius 3 is 2.29 bits per heavy atom. The van der Waals surface area contributed by atoms with Crippen LogP contribution in [0.1, 0.15) is 81.4 Å². The van der Waals surface area contributed by atoms with E-state index in [4.69, 9.17) is 4.74 Å². The van der Waals surface area contributed by atoms with Gasteiger partial charge in [0.15, 0.2) is 11.6 Å². The third-order valence-corrected chi connectivity index (χ3v) is 6.34. The predicted octanol–water partition coefficient (Wildman–Crippen LogP) is 8.17. The van der Waals surface area contributed by atoms with Gasteiger partial charge in [0, 0.05) is 0 Å². The van der Waals surface area contributed by atoms with Crippen LogP contribution in [0.15, 0.2) is 48.6 Å². The molecule has 0 unspecified atom stereocenters. The standard InChI is InChI=1S/C28H36F2O/c1-3-7-21-10-14-23(15-11-21)24-16-12-22(13-17-24)8-5-6-9-25-18-19-26(31-20-4-2)28(30)27(25)29/h5,8,10-11,14-15,18-19,22,24H,3-4,6-7,9,12-13,16-17,20H2,1-2H3. The number of aryl methyl sites for hydroxylation is 2. The zero-order chi connectivity index (χ0) is 22.1. The molecule has 0 N–H and O–H groups in total. The molecule has 1 nitrogen and oxygen atoms in total. The summed E-state index contributed by atoms with van der Waals surface area (Å²) in [5, 5.41) is 0. The fourth-order valence-corrected chi connectivity index (χ4v) is 4.51. The molecule has 1 saturated carbocycles. The van der Waals surface area contributed by atoms with Crippen molar-refractivity contribution in [3.63, 3.8) is 0 Å². The summed E-state index contributed by atoms with van der Waals surface area (Å²) in [6, 6.07) is 12.4. The molecule has 1 aliphatic rings. The molecule has 1 fully saturated rings. The van der Waals surface area contributed by atoms with E-state index >= 15 is 0 Å². The van der Waals surface area contributed by atoms with Gasteiger partial charge in [-0.05, 0) is 86.0 Å². The number of allylic oxidation sites excluding steroid dienone is 2. The van der Waals surface area contributed by atoms with Crippen molar-refractivity contribution in [3.8, 4) is 5.75 Å². The van der Waals surface area contributed by atoms with Gasteiger partial charge in [0.05, 0.1) is 6.61 Å². The van der Waals surface area contributed by atoms with E-state index in [-0.39, 0.29) is 5.75 Å². The summed E-state index contributed by atoms with van der Waals surface area (Å²) in [5.74, 6) is -0.355. The van der Waals surface area contributed by atoms with Gasteiger partial charge in [0.25, 0.3) is 0 Å². The number of benzene rings is 2. The van der Waals surface area contributed by atoms with Crippen LogP contribution >= 0.6 is 0 Å². The van der Waals surface area contributed by atoms with E-state index in [2.05, 4.69) is 43.3 Å². The minimum atomic E-state index is -0.865. The van der Waals surface area contributed by atoms with E-state index in [0.29, 0.717) is 30.4 Å². The number of hydrogen-bond donors (Lipinski definition) is 0. The first kappa shape index (κ1) is 23.5. The topological polar surface area (TPSA) is 9.23 Å². The van der Waals surface area contributed by atoms with Gasteiger partial charge in [-0.15, -0.1) is 0 Å². The Bertz CT molecular complexity index is 833. The molecular weight excluding hydrogens is 390 g/mol. The molecule has 0 radical (unpaired) electrons. The van der Waals surface area contributed by atoms with Gasteiger partial charge >= 0.3 is 0 Å². The van der Waals surface area contributed by atoms with Gasteiger partial charge in [-0.1, -0.05) is 62.8 Å². The molecule has 168 valence electrons. The summed E-state index contributed by atoms with van der Waals surface area (Å²) >= 11 is 0. The van der Waals surface area contributed by atoms with Crippen LogP contribution in [0.4, 0.5) is 8.78 Å². The second-order valence-corrected chi connectivity index (χ2v) is 8.77. The molecule has 2 aromatic carbocycles. The lowest BCUT2D eigenvalue weighted by molar-refractivity contribution is 0.294. The van der Waals surface area contributed by atoms with Gasteiger partial charge in [-0.25, -0.2) is 4.39 Å². The highest BCUT2D eigenvalue weighted by atomic mass is 19.2. The lowest BCUT2D eigenvalue weighted by atomic mass is 9.78. The summed E-state index contributed by atoms with van der Waals surface area (Å²) in [4.78, 5) is 0. The quantitative estimate of drug-likeness (QED) is 0.348. The average Bonchev–Trinajstić information content (AvgIpc) is 2.80. The molecule has 2 aromatic rings. The van der Waals surface area contributed by atoms with Gasteiger partial charge in [-0.2, -0.15) is 4.39 Å². The third kappa shape index (κ3) is 6.66. The molecular formula is C28H36F2O. The Hall–Kier alpha value is -2.16. The van der Waals surface area contributed by atoms with Crippen molar-refractivity contribution in [1.82, 2.24) is 0 Å². The summed E-state index contributed by atoms with van der Waals surface area (Å²) < 4.78 is 33.6. The van der Waals surface area contributed by atoms with E-state index < -0.39 is 11.6 Å². The highest BCUT2D eigenvalue weighted by Gasteiger charge is 2.20. The molecule has 31 heavy (non-hydrogen) atoms. The number of ether oxygens (including phenoxy) is 1. The van der Waals surface area contributed by atoms with E-state index in [1.807, 2.05) is 6.92 Å². The van der Waals surface area contributed by atoms with Crippen LogP contribution in [0, 0.1) is 17.6 Å². The summed E-state index contributed by atoms with van der Waals surface area (Å²) in [7, 11) is 0. The lowest BCUT2D eigenvalue weighted by Gasteiger charge is -2.27. The maximum Gasteiger partial charge on any atom is 0.200 e. The van der Waals surface area contributed by atoms with Crippen molar-refractivity contribution in [2.24, 2.45) is 5.92 Å². The molecule has 1 aliphatic carbocycles. The molecule has 0 spiro atoms. The maximum absolute atomic E-state index is 14.3. The minimum Gasteiger partial charge on any atom is -0.490 e. The Labute approximate surface area is 186 Å². The normalized spacial score (nSPS) is 19.1. The largest absolute Gasteiger partial charge is 0.490 e. The van der Waals surface area contributed by atoms with Crippen molar-refractivity contribution in [3.05, 3.63) is 76.9 Å². The minimum absolute atomic E-state index is 0.00963. The van der Waals surface area contributed by atoms with Gasteiger partial charge in [0.2, 0.25) is 5.82 Å². The SMILES string of the molecule is CCCOc1ccc(CCC=CC2CCC(c3ccc(CCC)cc3)CC2)c(F)c1F. The van der Waals surface area contributed by atoms with Crippen molar-refractivity contribution >= 4 is 0 Å². The Morgan fingerprint density at radius 2 is 1.61 bits per heavy atom. The summed E-state index contributed by atoms with van der Waals surface area (Å²) in [6.45, 7) is 4.55. The second kappa shape index (κ2) is 12.0. The number of hydrogen-bond acceptors (Lipinski definition) is 1. The van der Waals surface area contributed by atoms with Crippen LogP contribution in [0.2, 0.25) is 0 Å². The number of rotatable bonds is 10. The van der Waals surface area contributed by atoms with Crippen molar-refractivity contribution in [2.45, 2.75) is 77.6 Å². The van der Waals surface area contributed by atoms with Crippen molar-refractivity contribution in [2.75, 3.05) is 6.61 Å². The first-order valence-corrected chi connectivity index (χ1v) is 12.0. The first-order valence-electron chi connectivity index (χ1n) is 12.0. The van der Waals surface area contributed by atoms with Crippen LogP contribution in [-0.2, 0) is 12.8 Å².